The van der Waals surface area contributed by atoms with Crippen LogP contribution in [0.15, 0.2) is 89.6 Å². The van der Waals surface area contributed by atoms with Gasteiger partial charge in [-0.15, -0.1) is 0 Å². The number of Topliss-reactive ketones (excluding diaryl/α,β-unsaturated/α-hetero) is 1. The summed E-state index contributed by atoms with van der Waals surface area (Å²) in [4.78, 5) is 15.7. The number of aliphatic hydroxyl groups is 1. The van der Waals surface area contributed by atoms with Gasteiger partial charge in [0.25, 0.3) is 0 Å². The molecule has 4 nitrogen and oxygen atoms in total. The summed E-state index contributed by atoms with van der Waals surface area (Å²) in [6.07, 6.45) is 0.956. The number of ketones is 1. The standard InChI is InChI=1S/C32H31FN2O2/c1-19-8-10-22(11-9-19)30(37)29-27(21-12-14-23(33)15-13-21)28-25(17-32(3,4)18-26(28)36)35(31(29)34)24-7-5-6-20(2)16-24/h5-16,27,34,37H,17-18H2,1-4H3/b30-29+,34-31?. The summed E-state index contributed by atoms with van der Waals surface area (Å²) in [6.45, 7) is 8.09. The van der Waals surface area contributed by atoms with Crippen LogP contribution in [-0.2, 0) is 4.79 Å². The second-order valence-electron chi connectivity index (χ2n) is 10.9. The lowest BCUT2D eigenvalue weighted by atomic mass is 9.67. The number of aryl methyl sites for hydroxylation is 2. The molecule has 5 heteroatoms. The van der Waals surface area contributed by atoms with Gasteiger partial charge in [0.05, 0.1) is 0 Å². The highest BCUT2D eigenvalue weighted by molar-refractivity contribution is 6.19. The van der Waals surface area contributed by atoms with E-state index in [0.29, 0.717) is 35.1 Å². The number of anilines is 1. The molecule has 1 aliphatic heterocycles. The van der Waals surface area contributed by atoms with Gasteiger partial charge in [-0.3, -0.25) is 15.1 Å². The number of aliphatic hydroxyl groups excluding tert-OH is 1. The Labute approximate surface area is 217 Å². The summed E-state index contributed by atoms with van der Waals surface area (Å²) < 4.78 is 13.9. The predicted molar refractivity (Wildman–Crippen MR) is 146 cm³/mol. The number of nitrogens with one attached hydrogen (secondary N) is 1. The molecule has 188 valence electrons. The van der Waals surface area contributed by atoms with Crippen molar-refractivity contribution < 1.29 is 14.3 Å². The van der Waals surface area contributed by atoms with Crippen LogP contribution in [0.2, 0.25) is 0 Å². The highest BCUT2D eigenvalue weighted by atomic mass is 19.1. The van der Waals surface area contributed by atoms with E-state index in [1.54, 1.807) is 12.1 Å². The molecule has 0 saturated carbocycles. The molecule has 0 saturated heterocycles. The molecule has 0 amide bonds. The Morgan fingerprint density at radius 3 is 2.30 bits per heavy atom. The van der Waals surface area contributed by atoms with E-state index in [9.17, 15) is 19.7 Å². The number of nitrogens with zero attached hydrogens (tertiary/aromatic N) is 1. The van der Waals surface area contributed by atoms with Crippen LogP contribution in [0.4, 0.5) is 10.1 Å². The Kier molecular flexibility index (Phi) is 6.10. The van der Waals surface area contributed by atoms with Crippen LogP contribution in [0.1, 0.15) is 54.9 Å². The van der Waals surface area contributed by atoms with Gasteiger partial charge in [-0.05, 0) is 61.1 Å². The number of hydrogen-bond donors (Lipinski definition) is 2. The van der Waals surface area contributed by atoms with E-state index in [-0.39, 0.29) is 28.6 Å². The van der Waals surface area contributed by atoms with Crippen LogP contribution in [0.5, 0.6) is 0 Å². The van der Waals surface area contributed by atoms with Gasteiger partial charge in [0, 0.05) is 40.4 Å². The van der Waals surface area contributed by atoms with E-state index >= 15 is 0 Å². The summed E-state index contributed by atoms with van der Waals surface area (Å²) in [5.41, 5.74) is 5.47. The smallest absolute Gasteiger partial charge is 0.162 e. The normalized spacial score (nSPS) is 20.7. The van der Waals surface area contributed by atoms with Crippen molar-refractivity contribution in [2.75, 3.05) is 4.90 Å². The third-order valence-corrected chi connectivity index (χ3v) is 7.27. The largest absolute Gasteiger partial charge is 0.507 e. The van der Waals surface area contributed by atoms with Gasteiger partial charge in [-0.1, -0.05) is 67.9 Å². The Bertz CT molecular complexity index is 1460. The van der Waals surface area contributed by atoms with Crippen molar-refractivity contribution in [3.63, 3.8) is 0 Å². The molecule has 0 fully saturated rings. The van der Waals surface area contributed by atoms with E-state index in [1.165, 1.54) is 12.1 Å². The average Bonchev–Trinajstić information content (AvgIpc) is 2.83. The maximum Gasteiger partial charge on any atom is 0.162 e. The first-order valence-corrected chi connectivity index (χ1v) is 12.5. The summed E-state index contributed by atoms with van der Waals surface area (Å²) in [7, 11) is 0. The lowest BCUT2D eigenvalue weighted by molar-refractivity contribution is -0.118. The molecule has 37 heavy (non-hydrogen) atoms. The van der Waals surface area contributed by atoms with E-state index in [0.717, 1.165) is 22.5 Å². The van der Waals surface area contributed by atoms with Crippen LogP contribution in [0.3, 0.4) is 0 Å². The van der Waals surface area contributed by atoms with E-state index < -0.39 is 5.92 Å². The van der Waals surface area contributed by atoms with Crippen molar-refractivity contribution in [1.29, 1.82) is 5.41 Å². The van der Waals surface area contributed by atoms with E-state index in [2.05, 4.69) is 13.8 Å². The van der Waals surface area contributed by atoms with Gasteiger partial charge in [0.2, 0.25) is 0 Å². The molecule has 0 bridgehead atoms. The second kappa shape index (κ2) is 9.15. The van der Waals surface area contributed by atoms with Crippen LogP contribution in [-0.4, -0.2) is 16.7 Å². The Morgan fingerprint density at radius 2 is 1.65 bits per heavy atom. The lowest BCUT2D eigenvalue weighted by Crippen LogP contribution is -2.45. The zero-order valence-corrected chi connectivity index (χ0v) is 21.6. The zero-order chi connectivity index (χ0) is 26.5. The van der Waals surface area contributed by atoms with Gasteiger partial charge in [0.1, 0.15) is 17.4 Å². The van der Waals surface area contributed by atoms with Crippen LogP contribution >= 0.6 is 0 Å². The number of allylic oxidation sites excluding steroid dienone is 2. The highest BCUT2D eigenvalue weighted by Crippen LogP contribution is 2.51. The minimum absolute atomic E-state index is 0.0139. The monoisotopic (exact) mass is 494 g/mol. The maximum atomic E-state index is 13.9. The van der Waals surface area contributed by atoms with Crippen molar-refractivity contribution in [3.8, 4) is 0 Å². The Hall–Kier alpha value is -3.99. The van der Waals surface area contributed by atoms with Gasteiger partial charge in [-0.25, -0.2) is 4.39 Å². The van der Waals surface area contributed by atoms with Crippen molar-refractivity contribution >= 4 is 23.1 Å². The molecule has 1 atom stereocenters. The van der Waals surface area contributed by atoms with Gasteiger partial charge in [-0.2, -0.15) is 0 Å². The molecule has 1 unspecified atom stereocenters. The first kappa shape index (κ1) is 24.7. The minimum atomic E-state index is -0.686. The number of carbonyl (C=O) groups is 1. The van der Waals surface area contributed by atoms with Gasteiger partial charge < -0.3 is 5.11 Å². The van der Waals surface area contributed by atoms with Gasteiger partial charge in [0.15, 0.2) is 5.78 Å². The van der Waals surface area contributed by atoms with Crippen LogP contribution in [0, 0.1) is 30.5 Å². The maximum absolute atomic E-state index is 13.9. The fourth-order valence-corrected chi connectivity index (χ4v) is 5.52. The zero-order valence-electron chi connectivity index (χ0n) is 21.6. The quantitative estimate of drug-likeness (QED) is 0.368. The fraction of sp³-hybridized carbons (Fsp3) is 0.250. The molecular formula is C32H31FN2O2. The summed E-state index contributed by atoms with van der Waals surface area (Å²) in [5, 5.41) is 21.2. The number of amidine groups is 1. The number of hydrogen-bond acceptors (Lipinski definition) is 3. The van der Waals surface area contributed by atoms with Crippen molar-refractivity contribution in [1.82, 2.24) is 0 Å². The van der Waals surface area contributed by atoms with Crippen molar-refractivity contribution in [2.45, 2.75) is 46.5 Å². The average molecular weight is 495 g/mol. The number of carbonyl (C=O) groups excluding carboxylic acids is 1. The second-order valence-corrected chi connectivity index (χ2v) is 10.9. The fourth-order valence-electron chi connectivity index (χ4n) is 5.52. The molecule has 3 aromatic rings. The Balaban J connectivity index is 1.85. The van der Waals surface area contributed by atoms with E-state index in [1.807, 2.05) is 67.3 Å². The number of benzene rings is 3. The molecule has 2 aliphatic rings. The summed E-state index contributed by atoms with van der Waals surface area (Å²) >= 11 is 0. The molecule has 5 rings (SSSR count). The molecular weight excluding hydrogens is 463 g/mol. The SMILES string of the molecule is Cc1ccc(/C(O)=C2\C(=N)N(c3cccc(C)c3)C3=C(C(=O)CC(C)(C)C3)C2c2ccc(F)cc2)cc1. The van der Waals surface area contributed by atoms with Crippen molar-refractivity contribution in [3.05, 3.63) is 118 Å². The topological polar surface area (TPSA) is 64.4 Å². The lowest BCUT2D eigenvalue weighted by Gasteiger charge is -2.45. The van der Waals surface area contributed by atoms with Gasteiger partial charge >= 0.3 is 0 Å². The molecule has 1 aliphatic carbocycles. The molecule has 1 heterocycles. The molecule has 0 aromatic heterocycles. The first-order chi connectivity index (χ1) is 17.6. The predicted octanol–water partition coefficient (Wildman–Crippen LogP) is 7.64. The van der Waals surface area contributed by atoms with E-state index in [4.69, 9.17) is 0 Å². The minimum Gasteiger partial charge on any atom is -0.507 e. The summed E-state index contributed by atoms with van der Waals surface area (Å²) in [5.74, 6) is -1.02. The highest BCUT2D eigenvalue weighted by Gasteiger charge is 2.46. The van der Waals surface area contributed by atoms with Crippen molar-refractivity contribution in [2.24, 2.45) is 5.41 Å². The molecule has 2 N–H and O–H groups in total. The Morgan fingerprint density at radius 1 is 0.973 bits per heavy atom. The number of rotatable bonds is 3. The first-order valence-electron chi connectivity index (χ1n) is 12.5. The number of halogens is 1. The van der Waals surface area contributed by atoms with Crippen LogP contribution < -0.4 is 4.90 Å². The van der Waals surface area contributed by atoms with Crippen LogP contribution in [0.25, 0.3) is 5.76 Å². The molecule has 3 aromatic carbocycles. The summed E-state index contributed by atoms with van der Waals surface area (Å²) in [6, 6.07) is 21.3. The third kappa shape index (κ3) is 4.50. The molecule has 0 radical (unpaired) electrons. The molecule has 0 spiro atoms. The third-order valence-electron chi connectivity index (χ3n) is 7.27.